The van der Waals surface area contributed by atoms with Crippen LogP contribution >= 0.6 is 0 Å². The molecule has 15 heavy (non-hydrogen) atoms. The van der Waals surface area contributed by atoms with Gasteiger partial charge in [0, 0.05) is 7.05 Å². The minimum atomic E-state index is 0.547. The van der Waals surface area contributed by atoms with E-state index in [1.165, 1.54) is 0 Å². The molecule has 1 rings (SSSR count). The van der Waals surface area contributed by atoms with Crippen LogP contribution in [0.5, 0.6) is 11.5 Å². The molecule has 0 radical (unpaired) electrons. The van der Waals surface area contributed by atoms with Crippen molar-refractivity contribution < 1.29 is 9.47 Å². The highest BCUT2D eigenvalue weighted by Crippen LogP contribution is 2.30. The maximum Gasteiger partial charge on any atom is 0.171 e. The molecule has 5 heteroatoms. The molecule has 0 saturated carbocycles. The summed E-state index contributed by atoms with van der Waals surface area (Å²) in [5.41, 5.74) is 3.27. The van der Waals surface area contributed by atoms with Crippen LogP contribution in [0.1, 0.15) is 5.56 Å². The molecular weight excluding hydrogens is 194 g/mol. The highest BCUT2D eigenvalue weighted by molar-refractivity contribution is 6.01. The molecule has 3 N–H and O–H groups in total. The van der Waals surface area contributed by atoms with Gasteiger partial charge in [0.05, 0.1) is 19.8 Å². The molecule has 0 heterocycles. The number of nitrogens with zero attached hydrogens (tertiary/aromatic N) is 1. The molecule has 1 aromatic carbocycles. The Morgan fingerprint density at radius 2 is 2.07 bits per heavy atom. The molecule has 5 nitrogen and oxygen atoms in total. The van der Waals surface area contributed by atoms with Crippen molar-refractivity contribution in [3.63, 3.8) is 0 Å². The van der Waals surface area contributed by atoms with Crippen molar-refractivity contribution in [2.24, 2.45) is 10.8 Å². The number of aliphatic imine (C=N–C) groups is 1. The fourth-order valence-corrected chi connectivity index (χ4v) is 1.34. The van der Waals surface area contributed by atoms with Crippen LogP contribution in [-0.4, -0.2) is 27.1 Å². The third-order valence-electron chi connectivity index (χ3n) is 2.02. The van der Waals surface area contributed by atoms with Gasteiger partial charge in [-0.05, 0) is 12.1 Å². The van der Waals surface area contributed by atoms with Crippen LogP contribution in [0.2, 0.25) is 0 Å². The van der Waals surface area contributed by atoms with E-state index in [9.17, 15) is 0 Å². The molecule has 0 amide bonds. The first-order valence-corrected chi connectivity index (χ1v) is 4.43. The van der Waals surface area contributed by atoms with Gasteiger partial charge in [-0.15, -0.1) is 0 Å². The first kappa shape index (κ1) is 11.3. The van der Waals surface area contributed by atoms with Crippen molar-refractivity contribution >= 4 is 5.84 Å². The van der Waals surface area contributed by atoms with Crippen LogP contribution in [0.25, 0.3) is 0 Å². The van der Waals surface area contributed by atoms with Crippen LogP contribution in [-0.2, 0) is 0 Å². The van der Waals surface area contributed by atoms with Crippen molar-refractivity contribution in [2.75, 3.05) is 21.3 Å². The third-order valence-corrected chi connectivity index (χ3v) is 2.02. The van der Waals surface area contributed by atoms with E-state index < -0.39 is 0 Å². The first-order chi connectivity index (χ1) is 7.28. The van der Waals surface area contributed by atoms with Crippen LogP contribution in [0, 0.1) is 0 Å². The van der Waals surface area contributed by atoms with Gasteiger partial charge >= 0.3 is 0 Å². The standard InChI is InChI=1S/C10H15N3O2/c1-12-10(13-11)7-5-4-6-8(14-2)9(7)15-3/h4-6H,11H2,1-3H3,(H,12,13). The zero-order valence-electron chi connectivity index (χ0n) is 9.07. The Kier molecular flexibility index (Phi) is 3.93. The van der Waals surface area contributed by atoms with E-state index in [4.69, 9.17) is 15.3 Å². The molecule has 0 bridgehead atoms. The number of hydrazine groups is 1. The van der Waals surface area contributed by atoms with E-state index in [0.29, 0.717) is 17.3 Å². The van der Waals surface area contributed by atoms with Gasteiger partial charge in [0.2, 0.25) is 0 Å². The monoisotopic (exact) mass is 209 g/mol. The molecule has 0 fully saturated rings. The minimum Gasteiger partial charge on any atom is -0.493 e. The Morgan fingerprint density at radius 3 is 2.53 bits per heavy atom. The normalized spacial score (nSPS) is 11.1. The Balaban J connectivity index is 3.28. The number of hydrogen-bond donors (Lipinski definition) is 2. The second kappa shape index (κ2) is 5.21. The summed E-state index contributed by atoms with van der Waals surface area (Å²) in [4.78, 5) is 4.01. The Hall–Kier alpha value is -1.75. The van der Waals surface area contributed by atoms with Gasteiger partial charge in [-0.2, -0.15) is 0 Å². The number of methoxy groups -OCH3 is 2. The Bertz CT molecular complexity index is 364. The van der Waals surface area contributed by atoms with Crippen molar-refractivity contribution in [2.45, 2.75) is 0 Å². The van der Waals surface area contributed by atoms with Gasteiger partial charge in [-0.3, -0.25) is 4.99 Å². The average Bonchev–Trinajstić information content (AvgIpc) is 2.30. The summed E-state index contributed by atoms with van der Waals surface area (Å²) < 4.78 is 10.4. The topological polar surface area (TPSA) is 68.9 Å². The van der Waals surface area contributed by atoms with Crippen molar-refractivity contribution in [1.29, 1.82) is 0 Å². The van der Waals surface area contributed by atoms with Gasteiger partial charge in [0.1, 0.15) is 5.84 Å². The smallest absolute Gasteiger partial charge is 0.171 e. The number of hydrogen-bond acceptors (Lipinski definition) is 4. The van der Waals surface area contributed by atoms with E-state index >= 15 is 0 Å². The van der Waals surface area contributed by atoms with Crippen LogP contribution in [0.15, 0.2) is 23.2 Å². The van der Waals surface area contributed by atoms with Gasteiger partial charge in [0.15, 0.2) is 11.5 Å². The Morgan fingerprint density at radius 1 is 1.33 bits per heavy atom. The van der Waals surface area contributed by atoms with Gasteiger partial charge < -0.3 is 14.9 Å². The van der Waals surface area contributed by atoms with Gasteiger partial charge in [0.25, 0.3) is 0 Å². The molecule has 0 aliphatic heterocycles. The molecule has 0 atom stereocenters. The van der Waals surface area contributed by atoms with Crippen LogP contribution < -0.4 is 20.7 Å². The zero-order chi connectivity index (χ0) is 11.3. The van der Waals surface area contributed by atoms with Gasteiger partial charge in [-0.1, -0.05) is 6.07 Å². The molecule has 0 saturated heterocycles. The average molecular weight is 209 g/mol. The van der Waals surface area contributed by atoms with Crippen molar-refractivity contribution in [1.82, 2.24) is 5.43 Å². The first-order valence-electron chi connectivity index (χ1n) is 4.43. The molecule has 0 spiro atoms. The summed E-state index contributed by atoms with van der Waals surface area (Å²) in [6.07, 6.45) is 0. The molecule has 0 aliphatic rings. The summed E-state index contributed by atoms with van der Waals surface area (Å²) in [7, 11) is 4.81. The van der Waals surface area contributed by atoms with Crippen LogP contribution in [0.3, 0.4) is 0 Å². The lowest BCUT2D eigenvalue weighted by atomic mass is 10.1. The van der Waals surface area contributed by atoms with Crippen molar-refractivity contribution in [3.05, 3.63) is 23.8 Å². The number of nitrogens with one attached hydrogen (secondary N) is 1. The lowest BCUT2D eigenvalue weighted by molar-refractivity contribution is 0.354. The lowest BCUT2D eigenvalue weighted by Crippen LogP contribution is -2.31. The highest BCUT2D eigenvalue weighted by atomic mass is 16.5. The summed E-state index contributed by atoms with van der Waals surface area (Å²) in [5.74, 6) is 7.15. The van der Waals surface area contributed by atoms with Crippen molar-refractivity contribution in [3.8, 4) is 11.5 Å². The number of para-hydroxylation sites is 1. The molecule has 0 unspecified atom stereocenters. The highest BCUT2D eigenvalue weighted by Gasteiger charge is 2.12. The fraction of sp³-hybridized carbons (Fsp3) is 0.300. The molecule has 0 aliphatic carbocycles. The van der Waals surface area contributed by atoms with E-state index in [0.717, 1.165) is 5.56 Å². The second-order valence-electron chi connectivity index (χ2n) is 2.76. The quantitative estimate of drug-likeness (QED) is 0.330. The SMILES string of the molecule is CN=C(NN)c1cccc(OC)c1OC. The predicted molar refractivity (Wildman–Crippen MR) is 59.3 cm³/mol. The molecule has 1 aromatic rings. The molecule has 82 valence electrons. The van der Waals surface area contributed by atoms with Gasteiger partial charge in [-0.25, -0.2) is 5.84 Å². The maximum atomic E-state index is 5.35. The predicted octanol–water partition coefficient (Wildman–Crippen LogP) is 0.543. The zero-order valence-corrected chi connectivity index (χ0v) is 9.07. The lowest BCUT2D eigenvalue weighted by Gasteiger charge is -2.13. The fourth-order valence-electron chi connectivity index (χ4n) is 1.34. The van der Waals surface area contributed by atoms with Crippen LogP contribution in [0.4, 0.5) is 0 Å². The van der Waals surface area contributed by atoms with E-state index in [-0.39, 0.29) is 0 Å². The summed E-state index contributed by atoms with van der Waals surface area (Å²) in [5, 5.41) is 0. The summed E-state index contributed by atoms with van der Waals surface area (Å²) >= 11 is 0. The molecule has 0 aromatic heterocycles. The van der Waals surface area contributed by atoms with E-state index in [1.807, 2.05) is 18.2 Å². The maximum absolute atomic E-state index is 5.35. The number of nitrogens with two attached hydrogens (primary N) is 1. The largest absolute Gasteiger partial charge is 0.493 e. The number of amidine groups is 1. The minimum absolute atomic E-state index is 0.547. The number of ether oxygens (including phenoxy) is 2. The summed E-state index contributed by atoms with van der Waals surface area (Å²) in [6.45, 7) is 0. The summed E-state index contributed by atoms with van der Waals surface area (Å²) in [6, 6.07) is 5.51. The third kappa shape index (κ3) is 2.19. The number of benzene rings is 1. The Labute approximate surface area is 88.9 Å². The molecular formula is C10H15N3O2. The van der Waals surface area contributed by atoms with E-state index in [1.54, 1.807) is 21.3 Å². The number of rotatable bonds is 3. The second-order valence-corrected chi connectivity index (χ2v) is 2.76. The van der Waals surface area contributed by atoms with E-state index in [2.05, 4.69) is 10.4 Å².